The number of allylic oxidation sites excluding steroid dienone is 16. The highest BCUT2D eigenvalue weighted by atomic mass is 16.6. The average Bonchev–Trinajstić information content (AvgIpc) is 3.37. The molecule has 0 aromatic heterocycles. The zero-order valence-corrected chi connectivity index (χ0v) is 46.5. The molecule has 0 aromatic rings. The first-order chi connectivity index (χ1) is 35.0. The molecular formula is C65H110O6. The Morgan fingerprint density at radius 1 is 0.296 bits per heavy atom. The second kappa shape index (κ2) is 58.9. The molecule has 0 aromatic carbocycles. The Kier molecular flexibility index (Phi) is 55.9. The van der Waals surface area contributed by atoms with Crippen LogP contribution in [-0.4, -0.2) is 37.2 Å². The molecule has 71 heavy (non-hydrogen) atoms. The number of unbranched alkanes of at least 4 members (excludes halogenated alkanes) is 26. The molecule has 1 unspecified atom stereocenters. The Morgan fingerprint density at radius 2 is 0.563 bits per heavy atom. The van der Waals surface area contributed by atoms with Crippen LogP contribution in [0.3, 0.4) is 0 Å². The highest BCUT2D eigenvalue weighted by Crippen LogP contribution is 2.16. The smallest absolute Gasteiger partial charge is 0.306 e. The Morgan fingerprint density at radius 3 is 0.901 bits per heavy atom. The van der Waals surface area contributed by atoms with Crippen molar-refractivity contribution < 1.29 is 28.6 Å². The number of ether oxygens (including phenoxy) is 3. The predicted molar refractivity (Wildman–Crippen MR) is 307 cm³/mol. The van der Waals surface area contributed by atoms with E-state index >= 15 is 0 Å². The molecule has 0 fully saturated rings. The molecule has 0 spiro atoms. The van der Waals surface area contributed by atoms with E-state index in [0.29, 0.717) is 19.3 Å². The van der Waals surface area contributed by atoms with Crippen LogP contribution in [0.25, 0.3) is 0 Å². The maximum atomic E-state index is 12.7. The first-order valence-corrected chi connectivity index (χ1v) is 29.7. The molecule has 0 aliphatic heterocycles. The molecule has 0 saturated heterocycles. The summed E-state index contributed by atoms with van der Waals surface area (Å²) >= 11 is 0. The van der Waals surface area contributed by atoms with E-state index in [9.17, 15) is 14.4 Å². The predicted octanol–water partition coefficient (Wildman–Crippen LogP) is 20.1. The van der Waals surface area contributed by atoms with E-state index in [4.69, 9.17) is 14.2 Å². The second-order valence-corrected chi connectivity index (χ2v) is 19.5. The lowest BCUT2D eigenvalue weighted by Gasteiger charge is -2.18. The summed E-state index contributed by atoms with van der Waals surface area (Å²) in [7, 11) is 0. The largest absolute Gasteiger partial charge is 0.462 e. The van der Waals surface area contributed by atoms with Crippen molar-refractivity contribution >= 4 is 17.9 Å². The SMILES string of the molecule is CC/C=C\C/C=C\C/C=C\C/C=C\C/C=C\CCCC(=O)OC(COC(=O)CCCCCCC)COC(=O)CCCCCCCCCCCCCCCCCC/C=C\C/C=C\C/C=C\CCCCCCC. The number of carbonyl (C=O) groups is 3. The van der Waals surface area contributed by atoms with Crippen LogP contribution in [0.2, 0.25) is 0 Å². The molecule has 0 amide bonds. The molecule has 0 heterocycles. The Hall–Kier alpha value is -3.67. The van der Waals surface area contributed by atoms with Gasteiger partial charge in [-0.1, -0.05) is 259 Å². The van der Waals surface area contributed by atoms with Crippen LogP contribution in [0, 0.1) is 0 Å². The Labute approximate surface area is 438 Å². The lowest BCUT2D eigenvalue weighted by atomic mass is 10.0. The summed E-state index contributed by atoms with van der Waals surface area (Å²) in [6, 6.07) is 0. The van der Waals surface area contributed by atoms with E-state index in [1.807, 2.05) is 0 Å². The molecule has 6 heteroatoms. The van der Waals surface area contributed by atoms with Gasteiger partial charge in [0, 0.05) is 19.3 Å². The third kappa shape index (κ3) is 57.1. The van der Waals surface area contributed by atoms with E-state index in [1.54, 1.807) is 0 Å². The Balaban J connectivity index is 4.05. The normalized spacial score (nSPS) is 12.8. The number of hydrogen-bond donors (Lipinski definition) is 0. The van der Waals surface area contributed by atoms with Crippen molar-refractivity contribution in [3.05, 3.63) is 97.2 Å². The van der Waals surface area contributed by atoms with Gasteiger partial charge in [-0.3, -0.25) is 14.4 Å². The van der Waals surface area contributed by atoms with Gasteiger partial charge in [0.1, 0.15) is 13.2 Å². The Bertz CT molecular complexity index is 1410. The highest BCUT2D eigenvalue weighted by molar-refractivity contribution is 5.71. The van der Waals surface area contributed by atoms with Gasteiger partial charge in [-0.25, -0.2) is 0 Å². The van der Waals surface area contributed by atoms with Crippen molar-refractivity contribution in [2.45, 2.75) is 284 Å². The van der Waals surface area contributed by atoms with Gasteiger partial charge in [0.25, 0.3) is 0 Å². The second-order valence-electron chi connectivity index (χ2n) is 19.5. The lowest BCUT2D eigenvalue weighted by Crippen LogP contribution is -2.30. The first-order valence-electron chi connectivity index (χ1n) is 29.7. The van der Waals surface area contributed by atoms with Crippen LogP contribution in [0.5, 0.6) is 0 Å². The average molecular weight is 988 g/mol. The molecule has 0 bridgehead atoms. The molecule has 406 valence electrons. The lowest BCUT2D eigenvalue weighted by molar-refractivity contribution is -0.167. The molecule has 0 rings (SSSR count). The summed E-state index contributed by atoms with van der Waals surface area (Å²) in [6.07, 6.45) is 79.0. The molecule has 0 radical (unpaired) electrons. The fourth-order valence-corrected chi connectivity index (χ4v) is 8.13. The van der Waals surface area contributed by atoms with E-state index < -0.39 is 6.10 Å². The minimum absolute atomic E-state index is 0.0993. The summed E-state index contributed by atoms with van der Waals surface area (Å²) < 4.78 is 16.7. The molecule has 0 aliphatic carbocycles. The van der Waals surface area contributed by atoms with Crippen LogP contribution in [-0.2, 0) is 28.6 Å². The number of hydrogen-bond acceptors (Lipinski definition) is 6. The van der Waals surface area contributed by atoms with Crippen LogP contribution in [0.4, 0.5) is 0 Å². The fourth-order valence-electron chi connectivity index (χ4n) is 8.13. The van der Waals surface area contributed by atoms with Crippen molar-refractivity contribution in [2.24, 2.45) is 0 Å². The summed E-state index contributed by atoms with van der Waals surface area (Å²) in [5.74, 6) is -0.970. The summed E-state index contributed by atoms with van der Waals surface area (Å²) in [5, 5.41) is 0. The number of carbonyl (C=O) groups excluding carboxylic acids is 3. The molecule has 6 nitrogen and oxygen atoms in total. The van der Waals surface area contributed by atoms with Crippen molar-refractivity contribution in [1.82, 2.24) is 0 Å². The van der Waals surface area contributed by atoms with Gasteiger partial charge in [-0.2, -0.15) is 0 Å². The maximum Gasteiger partial charge on any atom is 0.306 e. The van der Waals surface area contributed by atoms with Crippen molar-refractivity contribution in [1.29, 1.82) is 0 Å². The molecule has 0 N–H and O–H groups in total. The van der Waals surface area contributed by atoms with Gasteiger partial charge in [-0.15, -0.1) is 0 Å². The van der Waals surface area contributed by atoms with E-state index in [0.717, 1.165) is 103 Å². The molecule has 1 atom stereocenters. The molecule has 0 saturated carbocycles. The van der Waals surface area contributed by atoms with Crippen LogP contribution in [0.15, 0.2) is 97.2 Å². The topological polar surface area (TPSA) is 78.9 Å². The third-order valence-electron chi connectivity index (χ3n) is 12.6. The minimum Gasteiger partial charge on any atom is -0.462 e. The first kappa shape index (κ1) is 67.3. The van der Waals surface area contributed by atoms with Crippen LogP contribution < -0.4 is 0 Å². The monoisotopic (exact) mass is 987 g/mol. The maximum absolute atomic E-state index is 12.7. The van der Waals surface area contributed by atoms with Gasteiger partial charge in [0.2, 0.25) is 0 Å². The molecule has 0 aliphatic rings. The number of esters is 3. The van der Waals surface area contributed by atoms with E-state index in [1.165, 1.54) is 128 Å². The third-order valence-corrected chi connectivity index (χ3v) is 12.6. The fraction of sp³-hybridized carbons (Fsp3) is 0.708. The van der Waals surface area contributed by atoms with E-state index in [-0.39, 0.29) is 37.5 Å². The van der Waals surface area contributed by atoms with Crippen LogP contribution >= 0.6 is 0 Å². The van der Waals surface area contributed by atoms with Crippen molar-refractivity contribution in [3.63, 3.8) is 0 Å². The van der Waals surface area contributed by atoms with Gasteiger partial charge in [0.05, 0.1) is 0 Å². The van der Waals surface area contributed by atoms with E-state index in [2.05, 4.69) is 118 Å². The van der Waals surface area contributed by atoms with Gasteiger partial charge in [-0.05, 0) is 96.3 Å². The van der Waals surface area contributed by atoms with Gasteiger partial charge in [0.15, 0.2) is 6.10 Å². The van der Waals surface area contributed by atoms with Crippen LogP contribution in [0.1, 0.15) is 278 Å². The van der Waals surface area contributed by atoms with Crippen molar-refractivity contribution in [2.75, 3.05) is 13.2 Å². The minimum atomic E-state index is -0.803. The zero-order chi connectivity index (χ0) is 51.4. The molecular weight excluding hydrogens is 877 g/mol. The summed E-state index contributed by atoms with van der Waals surface area (Å²) in [6.45, 7) is 6.39. The summed E-state index contributed by atoms with van der Waals surface area (Å²) in [4.78, 5) is 37.8. The zero-order valence-electron chi connectivity index (χ0n) is 46.5. The van der Waals surface area contributed by atoms with Gasteiger partial charge < -0.3 is 14.2 Å². The number of rotatable bonds is 53. The van der Waals surface area contributed by atoms with Gasteiger partial charge >= 0.3 is 17.9 Å². The standard InChI is InChI=1S/C65H110O6/c1-4-7-10-13-15-17-19-21-23-25-26-27-28-29-30-31-32-33-34-35-36-37-38-40-41-43-45-47-49-52-55-58-64(67)70-61-62(60-69-63(66)57-54-51-12-9-6-3)71-65(68)59-56-53-50-48-46-44-42-39-24-22-20-18-16-14-11-8-5-2/h8,11,16,18-19,21-22,24-26,28-29,42,44,48,50,62H,4-7,9-10,12-15,17,20,23,27,30-41,43,45-47,49,51-61H2,1-3H3/b11-8-,18-16-,21-19-,24-22-,26-25-,29-28-,44-42-,50-48-. The van der Waals surface area contributed by atoms with Crippen molar-refractivity contribution in [3.8, 4) is 0 Å². The quantitative estimate of drug-likeness (QED) is 0.0261. The highest BCUT2D eigenvalue weighted by Gasteiger charge is 2.19. The summed E-state index contributed by atoms with van der Waals surface area (Å²) in [5.41, 5.74) is 0.